The molecule has 4 aromatic heterocycles. The smallest absolute Gasteiger partial charge is 0.232 e. The minimum absolute atomic E-state index is 0.183. The van der Waals surface area contributed by atoms with Gasteiger partial charge in [-0.25, -0.2) is 4.98 Å². The zero-order valence-electron chi connectivity index (χ0n) is 15.8. The number of hydrogen-bond acceptors (Lipinski definition) is 8. The summed E-state index contributed by atoms with van der Waals surface area (Å²) in [6.45, 7) is 8.37. The molecule has 0 aliphatic rings. The van der Waals surface area contributed by atoms with Crippen LogP contribution in [-0.2, 0) is 19.1 Å². The van der Waals surface area contributed by atoms with E-state index in [0.717, 1.165) is 5.56 Å². The molecule has 0 N–H and O–H groups in total. The third kappa shape index (κ3) is 3.14. The van der Waals surface area contributed by atoms with Crippen LogP contribution in [-0.4, -0.2) is 39.7 Å². The first-order valence-corrected chi connectivity index (χ1v) is 8.49. The fourth-order valence-corrected chi connectivity index (χ4v) is 2.70. The summed E-state index contributed by atoms with van der Waals surface area (Å²) in [6, 6.07) is 3.68. The monoisotopic (exact) mass is 368 g/mol. The molecule has 0 unspecified atom stereocenters. The first kappa shape index (κ1) is 17.1. The van der Waals surface area contributed by atoms with Crippen molar-refractivity contribution in [2.45, 2.75) is 39.7 Å². The Bertz CT molecular complexity index is 1100. The van der Waals surface area contributed by atoms with Gasteiger partial charge in [0.15, 0.2) is 17.2 Å². The third-order valence-electron chi connectivity index (χ3n) is 4.17. The van der Waals surface area contributed by atoms with Gasteiger partial charge < -0.3 is 9.26 Å². The molecule has 0 spiro atoms. The van der Waals surface area contributed by atoms with Gasteiger partial charge in [0.25, 0.3) is 0 Å². The molecule has 140 valence electrons. The molecule has 4 rings (SSSR count). The summed E-state index contributed by atoms with van der Waals surface area (Å²) < 4.78 is 14.4. The maximum atomic E-state index is 5.89. The van der Waals surface area contributed by atoms with E-state index in [1.165, 1.54) is 6.33 Å². The molecule has 4 heterocycles. The zero-order valence-corrected chi connectivity index (χ0v) is 15.8. The van der Waals surface area contributed by atoms with Crippen molar-refractivity contribution < 1.29 is 9.26 Å². The summed E-state index contributed by atoms with van der Waals surface area (Å²) >= 11 is 0. The number of nitrogens with zero attached hydrogens (tertiary/aromatic N) is 8. The minimum atomic E-state index is -0.183. The number of aromatic nitrogens is 8. The summed E-state index contributed by atoms with van der Waals surface area (Å²) in [5.74, 6) is 2.32. The Labute approximate surface area is 155 Å². The average Bonchev–Trinajstić information content (AvgIpc) is 3.31. The highest BCUT2D eigenvalue weighted by Crippen LogP contribution is 2.30. The maximum absolute atomic E-state index is 5.89. The molecule has 0 saturated heterocycles. The lowest BCUT2D eigenvalue weighted by atomic mass is 9.88. The van der Waals surface area contributed by atoms with E-state index < -0.39 is 0 Å². The van der Waals surface area contributed by atoms with Gasteiger partial charge in [-0.3, -0.25) is 4.68 Å². The van der Waals surface area contributed by atoms with Crippen molar-refractivity contribution in [2.75, 3.05) is 0 Å². The second-order valence-corrected chi connectivity index (χ2v) is 7.32. The summed E-state index contributed by atoms with van der Waals surface area (Å²) in [5.41, 5.74) is 2.00. The van der Waals surface area contributed by atoms with Gasteiger partial charge in [0, 0.05) is 24.7 Å². The molecule has 0 aromatic carbocycles. The maximum Gasteiger partial charge on any atom is 0.232 e. The normalized spacial score (nSPS) is 12.0. The van der Waals surface area contributed by atoms with Crippen LogP contribution in [0.5, 0.6) is 5.88 Å². The third-order valence-corrected chi connectivity index (χ3v) is 4.17. The molecule has 0 saturated carbocycles. The lowest BCUT2D eigenvalue weighted by molar-refractivity contribution is 0.273. The van der Waals surface area contributed by atoms with Gasteiger partial charge in [-0.2, -0.15) is 9.61 Å². The van der Waals surface area contributed by atoms with E-state index in [4.69, 9.17) is 9.26 Å². The lowest BCUT2D eigenvalue weighted by Gasteiger charge is -2.20. The zero-order chi connectivity index (χ0) is 19.2. The molecule has 27 heavy (non-hydrogen) atoms. The van der Waals surface area contributed by atoms with Crippen LogP contribution in [0.3, 0.4) is 0 Å². The Morgan fingerprint density at radius 2 is 2.00 bits per heavy atom. The molecule has 0 amide bonds. The van der Waals surface area contributed by atoms with Gasteiger partial charge >= 0.3 is 0 Å². The van der Waals surface area contributed by atoms with E-state index in [1.54, 1.807) is 15.3 Å². The average molecular weight is 368 g/mol. The van der Waals surface area contributed by atoms with Crippen molar-refractivity contribution in [2.24, 2.45) is 7.05 Å². The molecule has 0 atom stereocenters. The number of aryl methyl sites for hydroxylation is 2. The van der Waals surface area contributed by atoms with E-state index in [2.05, 4.69) is 51.3 Å². The van der Waals surface area contributed by atoms with E-state index in [9.17, 15) is 0 Å². The highest BCUT2D eigenvalue weighted by molar-refractivity contribution is 5.59. The molecular weight excluding hydrogens is 348 g/mol. The Morgan fingerprint density at radius 1 is 1.19 bits per heavy atom. The SMILES string of the molecule is Cc1cc(-c2nnc3c(C(C)(C)C)cc(OCc4ncnn4C)nn23)no1. The van der Waals surface area contributed by atoms with Crippen LogP contribution < -0.4 is 4.74 Å². The summed E-state index contributed by atoms with van der Waals surface area (Å²) in [5, 5.41) is 21.2. The van der Waals surface area contributed by atoms with Crippen molar-refractivity contribution in [1.82, 2.24) is 39.7 Å². The summed E-state index contributed by atoms with van der Waals surface area (Å²) in [7, 11) is 1.81. The van der Waals surface area contributed by atoms with E-state index in [1.807, 2.05) is 20.0 Å². The molecule has 4 aromatic rings. The van der Waals surface area contributed by atoms with Crippen LogP contribution in [0.1, 0.15) is 37.9 Å². The highest BCUT2D eigenvalue weighted by Gasteiger charge is 2.24. The molecule has 0 fully saturated rings. The second kappa shape index (κ2) is 6.15. The Kier molecular flexibility index (Phi) is 3.90. The van der Waals surface area contributed by atoms with Crippen molar-refractivity contribution in [3.63, 3.8) is 0 Å². The number of hydrogen-bond donors (Lipinski definition) is 0. The fraction of sp³-hybridized carbons (Fsp3) is 0.412. The molecule has 10 heteroatoms. The largest absolute Gasteiger partial charge is 0.468 e. The van der Waals surface area contributed by atoms with Gasteiger partial charge in [-0.1, -0.05) is 25.9 Å². The van der Waals surface area contributed by atoms with E-state index in [0.29, 0.717) is 34.6 Å². The summed E-state index contributed by atoms with van der Waals surface area (Å²) in [6.07, 6.45) is 1.49. The van der Waals surface area contributed by atoms with Gasteiger partial charge in [0.2, 0.25) is 11.7 Å². The van der Waals surface area contributed by atoms with Crippen LogP contribution in [0.2, 0.25) is 0 Å². The van der Waals surface area contributed by atoms with Crippen molar-refractivity contribution in [3.8, 4) is 17.4 Å². The van der Waals surface area contributed by atoms with Crippen LogP contribution in [0.15, 0.2) is 23.0 Å². The predicted molar refractivity (Wildman–Crippen MR) is 95.1 cm³/mol. The predicted octanol–water partition coefficient (Wildman–Crippen LogP) is 2.09. The van der Waals surface area contributed by atoms with E-state index in [-0.39, 0.29) is 12.0 Å². The van der Waals surface area contributed by atoms with Gasteiger partial charge in [0.1, 0.15) is 18.7 Å². The highest BCUT2D eigenvalue weighted by atomic mass is 16.5. The number of rotatable bonds is 4. The lowest BCUT2D eigenvalue weighted by Crippen LogP contribution is -2.15. The minimum Gasteiger partial charge on any atom is -0.468 e. The van der Waals surface area contributed by atoms with Crippen LogP contribution in [0.25, 0.3) is 17.2 Å². The van der Waals surface area contributed by atoms with Gasteiger partial charge in [0.05, 0.1) is 0 Å². The quantitative estimate of drug-likeness (QED) is 0.539. The van der Waals surface area contributed by atoms with Gasteiger partial charge in [-0.05, 0) is 12.3 Å². The standard InChI is InChI=1S/C17H20N8O2/c1-10-6-12(23-27-10)16-21-20-15-11(17(2,3)4)7-14(22-25(15)16)26-8-13-18-9-19-24(13)5/h6-7,9H,8H2,1-5H3. The van der Waals surface area contributed by atoms with Crippen molar-refractivity contribution >= 4 is 5.65 Å². The molecular formula is C17H20N8O2. The molecule has 0 aliphatic carbocycles. The second-order valence-electron chi connectivity index (χ2n) is 7.32. The Hall–Kier alpha value is -3.30. The van der Waals surface area contributed by atoms with Gasteiger partial charge in [-0.15, -0.1) is 15.3 Å². The van der Waals surface area contributed by atoms with Crippen LogP contribution in [0, 0.1) is 6.92 Å². The fourth-order valence-electron chi connectivity index (χ4n) is 2.70. The van der Waals surface area contributed by atoms with Crippen LogP contribution >= 0.6 is 0 Å². The molecule has 10 nitrogen and oxygen atoms in total. The Morgan fingerprint density at radius 3 is 2.63 bits per heavy atom. The number of fused-ring (bicyclic) bond motifs is 1. The van der Waals surface area contributed by atoms with E-state index >= 15 is 0 Å². The molecule has 0 bridgehead atoms. The van der Waals surface area contributed by atoms with Crippen molar-refractivity contribution in [1.29, 1.82) is 0 Å². The van der Waals surface area contributed by atoms with Crippen LogP contribution in [0.4, 0.5) is 0 Å². The van der Waals surface area contributed by atoms with Crippen molar-refractivity contribution in [3.05, 3.63) is 35.6 Å². The topological polar surface area (TPSA) is 109 Å². The molecule has 0 aliphatic heterocycles. The first-order chi connectivity index (χ1) is 12.8. The Balaban J connectivity index is 1.80. The first-order valence-electron chi connectivity index (χ1n) is 8.49. The number of ether oxygens (including phenoxy) is 1. The molecule has 0 radical (unpaired) electrons. The summed E-state index contributed by atoms with van der Waals surface area (Å²) in [4.78, 5) is 4.17.